The summed E-state index contributed by atoms with van der Waals surface area (Å²) in [5.74, 6) is 0.805. The number of rotatable bonds is 16. The van der Waals surface area contributed by atoms with Crippen LogP contribution in [0.4, 0.5) is 0 Å². The van der Waals surface area contributed by atoms with Gasteiger partial charge in [-0.25, -0.2) is 14.6 Å². The number of benzene rings is 2. The van der Waals surface area contributed by atoms with Gasteiger partial charge in [-0.3, -0.25) is 0 Å². The van der Waals surface area contributed by atoms with Gasteiger partial charge in [0.15, 0.2) is 0 Å². The number of ether oxygens (including phenoxy) is 4. The van der Waals surface area contributed by atoms with Crippen LogP contribution in [0.15, 0.2) is 66.7 Å². The zero-order chi connectivity index (χ0) is 27.0. The molecule has 0 saturated carbocycles. The summed E-state index contributed by atoms with van der Waals surface area (Å²) < 4.78 is 22.2. The number of unbranched alkanes of at least 4 members (excludes halogenated alkanes) is 6. The highest BCUT2D eigenvalue weighted by Gasteiger charge is 2.16. The van der Waals surface area contributed by atoms with Crippen LogP contribution in [0.25, 0.3) is 0 Å². The van der Waals surface area contributed by atoms with Crippen LogP contribution in [-0.2, 0) is 0 Å². The van der Waals surface area contributed by atoms with Gasteiger partial charge in [-0.05, 0) is 73.5 Å². The normalized spacial score (nSPS) is 10.6. The third-order valence-electron chi connectivity index (χ3n) is 5.77. The van der Waals surface area contributed by atoms with E-state index in [-0.39, 0.29) is 11.4 Å². The summed E-state index contributed by atoms with van der Waals surface area (Å²) in [5.41, 5.74) is 0.00467. The van der Waals surface area contributed by atoms with Crippen LogP contribution in [0.1, 0.15) is 86.2 Å². The Bertz CT molecular complexity index is 1040. The summed E-state index contributed by atoms with van der Waals surface area (Å²) in [5, 5.41) is 0. The van der Waals surface area contributed by atoms with Crippen molar-refractivity contribution in [2.24, 2.45) is 0 Å². The summed E-state index contributed by atoms with van der Waals surface area (Å²) >= 11 is 0. The van der Waals surface area contributed by atoms with Crippen LogP contribution >= 0.6 is 0 Å². The van der Waals surface area contributed by atoms with Gasteiger partial charge in [0.2, 0.25) is 0 Å². The van der Waals surface area contributed by atoms with Gasteiger partial charge >= 0.3 is 11.9 Å². The molecular weight excluding hydrogens is 482 g/mol. The quantitative estimate of drug-likeness (QED) is 0.110. The lowest BCUT2D eigenvalue weighted by atomic mass is 10.2. The number of carbonyl (C=O) groups is 2. The molecule has 0 aliphatic heterocycles. The number of aromatic nitrogens is 1. The Hall–Kier alpha value is -3.87. The molecule has 0 saturated heterocycles. The largest absolute Gasteiger partial charge is 0.494 e. The Kier molecular flexibility index (Phi) is 12.1. The zero-order valence-electron chi connectivity index (χ0n) is 22.3. The maximum absolute atomic E-state index is 12.6. The van der Waals surface area contributed by atoms with Gasteiger partial charge in [0.05, 0.1) is 13.2 Å². The van der Waals surface area contributed by atoms with Crippen LogP contribution < -0.4 is 18.9 Å². The van der Waals surface area contributed by atoms with E-state index in [2.05, 4.69) is 18.8 Å². The smallest absolute Gasteiger partial charge is 0.362 e. The van der Waals surface area contributed by atoms with E-state index in [1.54, 1.807) is 54.6 Å². The molecule has 0 radical (unpaired) electrons. The lowest BCUT2D eigenvalue weighted by Gasteiger charge is -2.09. The predicted molar refractivity (Wildman–Crippen MR) is 146 cm³/mol. The first-order valence-corrected chi connectivity index (χ1v) is 13.5. The summed E-state index contributed by atoms with van der Waals surface area (Å²) in [7, 11) is 0. The molecule has 7 heteroatoms. The molecule has 7 nitrogen and oxygen atoms in total. The number of hydrogen-bond donors (Lipinski definition) is 0. The third kappa shape index (κ3) is 9.88. The van der Waals surface area contributed by atoms with Gasteiger partial charge in [0.1, 0.15) is 34.4 Å². The monoisotopic (exact) mass is 519 g/mol. The molecule has 1 heterocycles. The maximum atomic E-state index is 12.6. The maximum Gasteiger partial charge on any atom is 0.362 e. The number of pyridine rings is 1. The minimum Gasteiger partial charge on any atom is -0.494 e. The van der Waals surface area contributed by atoms with Gasteiger partial charge in [0.25, 0.3) is 0 Å². The van der Waals surface area contributed by atoms with E-state index < -0.39 is 11.9 Å². The molecule has 0 bridgehead atoms. The lowest BCUT2D eigenvalue weighted by Crippen LogP contribution is -2.15. The number of esters is 2. The van der Waals surface area contributed by atoms with Crippen molar-refractivity contribution in [3.63, 3.8) is 0 Å². The van der Waals surface area contributed by atoms with E-state index in [0.717, 1.165) is 37.2 Å². The van der Waals surface area contributed by atoms with Crippen molar-refractivity contribution < 1.29 is 28.5 Å². The Morgan fingerprint density at radius 3 is 1.34 bits per heavy atom. The fourth-order valence-electron chi connectivity index (χ4n) is 3.63. The Labute approximate surface area is 225 Å². The first-order chi connectivity index (χ1) is 18.6. The summed E-state index contributed by atoms with van der Waals surface area (Å²) in [6.07, 6.45) is 9.07. The first kappa shape index (κ1) is 28.7. The Morgan fingerprint density at radius 1 is 0.553 bits per heavy atom. The van der Waals surface area contributed by atoms with Crippen LogP contribution in [0, 0.1) is 0 Å². The summed E-state index contributed by atoms with van der Waals surface area (Å²) in [6, 6.07) is 18.2. The molecule has 38 heavy (non-hydrogen) atoms. The molecule has 3 rings (SSSR count). The van der Waals surface area contributed by atoms with Crippen LogP contribution in [0.5, 0.6) is 23.0 Å². The summed E-state index contributed by atoms with van der Waals surface area (Å²) in [4.78, 5) is 29.3. The number of carbonyl (C=O) groups excluding carboxylic acids is 2. The molecule has 0 atom stereocenters. The van der Waals surface area contributed by atoms with Crippen LogP contribution in [-0.4, -0.2) is 30.1 Å². The second-order valence-corrected chi connectivity index (χ2v) is 8.95. The molecule has 0 fully saturated rings. The highest BCUT2D eigenvalue weighted by molar-refractivity contribution is 5.93. The van der Waals surface area contributed by atoms with Crippen molar-refractivity contribution in [2.45, 2.75) is 65.2 Å². The van der Waals surface area contributed by atoms with Crippen LogP contribution in [0.2, 0.25) is 0 Å². The number of hydrogen-bond acceptors (Lipinski definition) is 7. The van der Waals surface area contributed by atoms with Gasteiger partial charge in [0, 0.05) is 0 Å². The summed E-state index contributed by atoms with van der Waals surface area (Å²) in [6.45, 7) is 5.65. The fraction of sp³-hybridized carbons (Fsp3) is 0.387. The molecule has 3 aromatic rings. The average Bonchev–Trinajstić information content (AvgIpc) is 2.94. The molecule has 2 aromatic carbocycles. The minimum atomic E-state index is -0.673. The highest BCUT2D eigenvalue weighted by atomic mass is 16.5. The molecule has 1 aromatic heterocycles. The fourth-order valence-corrected chi connectivity index (χ4v) is 3.63. The van der Waals surface area contributed by atoms with E-state index in [0.29, 0.717) is 24.7 Å². The average molecular weight is 520 g/mol. The van der Waals surface area contributed by atoms with E-state index in [9.17, 15) is 9.59 Å². The standard InChI is InChI=1S/C31H37NO6/c1-3-5-7-9-22-35-24-14-18-26(19-15-24)37-30(33)28-12-11-13-29(32-28)31(34)38-27-20-16-25(17-21-27)36-23-10-8-6-4-2/h11-21H,3-10,22-23H2,1-2H3. The van der Waals surface area contributed by atoms with Crippen molar-refractivity contribution in [1.82, 2.24) is 4.98 Å². The van der Waals surface area contributed by atoms with Crippen molar-refractivity contribution in [3.8, 4) is 23.0 Å². The molecule has 0 amide bonds. The van der Waals surface area contributed by atoms with Gasteiger partial charge in [-0.1, -0.05) is 58.4 Å². The van der Waals surface area contributed by atoms with Crippen molar-refractivity contribution >= 4 is 11.9 Å². The lowest BCUT2D eigenvalue weighted by molar-refractivity contribution is 0.0722. The predicted octanol–water partition coefficient (Wildman–Crippen LogP) is 7.44. The van der Waals surface area contributed by atoms with Gasteiger partial charge in [-0.2, -0.15) is 0 Å². The zero-order valence-corrected chi connectivity index (χ0v) is 22.3. The van der Waals surface area contributed by atoms with Crippen molar-refractivity contribution in [3.05, 3.63) is 78.1 Å². The molecule has 0 aliphatic carbocycles. The third-order valence-corrected chi connectivity index (χ3v) is 5.77. The molecular formula is C31H37NO6. The topological polar surface area (TPSA) is 84.0 Å². The van der Waals surface area contributed by atoms with Crippen molar-refractivity contribution in [1.29, 1.82) is 0 Å². The molecule has 0 N–H and O–H groups in total. The Balaban J connectivity index is 1.49. The van der Waals surface area contributed by atoms with Crippen molar-refractivity contribution in [2.75, 3.05) is 13.2 Å². The van der Waals surface area contributed by atoms with E-state index in [4.69, 9.17) is 18.9 Å². The highest BCUT2D eigenvalue weighted by Crippen LogP contribution is 2.21. The first-order valence-electron chi connectivity index (χ1n) is 13.5. The molecule has 0 spiro atoms. The van der Waals surface area contributed by atoms with Crippen LogP contribution in [0.3, 0.4) is 0 Å². The molecule has 0 aliphatic rings. The molecule has 0 unspecified atom stereocenters. The number of nitrogens with zero attached hydrogens (tertiary/aromatic N) is 1. The van der Waals surface area contributed by atoms with E-state index in [1.807, 2.05) is 0 Å². The Morgan fingerprint density at radius 2 is 0.947 bits per heavy atom. The molecule has 202 valence electrons. The second kappa shape index (κ2) is 16.1. The van der Waals surface area contributed by atoms with Gasteiger partial charge < -0.3 is 18.9 Å². The van der Waals surface area contributed by atoms with Gasteiger partial charge in [-0.15, -0.1) is 0 Å². The SMILES string of the molecule is CCCCCCOc1ccc(OC(=O)c2cccc(C(=O)Oc3ccc(OCCCCCC)cc3)n2)cc1. The minimum absolute atomic E-state index is 0.00233. The second-order valence-electron chi connectivity index (χ2n) is 8.95. The van der Waals surface area contributed by atoms with E-state index >= 15 is 0 Å². The van der Waals surface area contributed by atoms with E-state index in [1.165, 1.54) is 37.8 Å².